The Balaban J connectivity index is 1.60. The molecule has 2 amide bonds. The number of rotatable bonds is 5. The standard InChI is InChI=1S/C17H21FN2O7/c18-13-7-11(20-8-12(9-21)27-16(20)24)1-2-14(13)26-10-17(25)3-5-19(6-4-17)15(22)23/h1-2,7,12,21,25H,3-6,8-10H2,(H,22,23)/t12-/m1/s1. The van der Waals surface area contributed by atoms with E-state index in [1.165, 1.54) is 21.9 Å². The molecule has 0 aromatic heterocycles. The third-order valence-electron chi connectivity index (χ3n) is 4.77. The van der Waals surface area contributed by atoms with Crippen LogP contribution in [-0.2, 0) is 4.74 Å². The maximum absolute atomic E-state index is 14.3. The predicted molar refractivity (Wildman–Crippen MR) is 90.4 cm³/mol. The van der Waals surface area contributed by atoms with Gasteiger partial charge >= 0.3 is 12.2 Å². The number of ether oxygens (including phenoxy) is 2. The fourth-order valence-electron chi connectivity index (χ4n) is 3.07. The molecule has 148 valence electrons. The van der Waals surface area contributed by atoms with Crippen molar-refractivity contribution in [3.05, 3.63) is 24.0 Å². The number of carbonyl (C=O) groups is 2. The molecule has 0 spiro atoms. The van der Waals surface area contributed by atoms with Crippen LogP contribution in [-0.4, -0.2) is 77.0 Å². The average Bonchev–Trinajstić information content (AvgIpc) is 3.02. The summed E-state index contributed by atoms with van der Waals surface area (Å²) in [6.45, 7) is -0.00685. The minimum absolute atomic E-state index is 0.0842. The van der Waals surface area contributed by atoms with E-state index < -0.39 is 29.7 Å². The Labute approximate surface area is 154 Å². The third kappa shape index (κ3) is 4.22. The molecule has 0 radical (unpaired) electrons. The number of halogens is 1. The van der Waals surface area contributed by atoms with E-state index >= 15 is 0 Å². The normalized spacial score (nSPS) is 21.9. The summed E-state index contributed by atoms with van der Waals surface area (Å²) in [4.78, 5) is 25.1. The van der Waals surface area contributed by atoms with Crippen LogP contribution in [0.5, 0.6) is 5.75 Å². The van der Waals surface area contributed by atoms with Crippen molar-refractivity contribution < 1.29 is 38.8 Å². The maximum atomic E-state index is 14.3. The Kier molecular flexibility index (Phi) is 5.38. The van der Waals surface area contributed by atoms with Gasteiger partial charge < -0.3 is 29.7 Å². The van der Waals surface area contributed by atoms with Gasteiger partial charge in [0.25, 0.3) is 0 Å². The number of likely N-dealkylation sites (tertiary alicyclic amines) is 1. The highest BCUT2D eigenvalue weighted by Gasteiger charge is 2.35. The molecule has 0 saturated carbocycles. The van der Waals surface area contributed by atoms with E-state index in [0.29, 0.717) is 0 Å². The van der Waals surface area contributed by atoms with Gasteiger partial charge in [0.1, 0.15) is 18.3 Å². The zero-order valence-corrected chi connectivity index (χ0v) is 14.5. The molecule has 27 heavy (non-hydrogen) atoms. The molecule has 2 aliphatic rings. The van der Waals surface area contributed by atoms with E-state index in [1.807, 2.05) is 0 Å². The Hall–Kier alpha value is -2.59. The molecule has 3 rings (SSSR count). The van der Waals surface area contributed by atoms with E-state index in [9.17, 15) is 19.1 Å². The van der Waals surface area contributed by atoms with Gasteiger partial charge in [-0.3, -0.25) is 4.90 Å². The van der Waals surface area contributed by atoms with Crippen molar-refractivity contribution >= 4 is 17.9 Å². The molecule has 0 aliphatic carbocycles. The average molecular weight is 384 g/mol. The molecule has 2 heterocycles. The SMILES string of the molecule is O=C(O)N1CCC(O)(COc2ccc(N3C[C@H](CO)OC3=O)cc2F)CC1. The van der Waals surface area contributed by atoms with Gasteiger partial charge in [0.05, 0.1) is 18.8 Å². The molecule has 1 aromatic rings. The highest BCUT2D eigenvalue weighted by Crippen LogP contribution is 2.29. The zero-order chi connectivity index (χ0) is 19.6. The van der Waals surface area contributed by atoms with Gasteiger partial charge in [-0.25, -0.2) is 14.0 Å². The van der Waals surface area contributed by atoms with Gasteiger partial charge in [0.15, 0.2) is 11.6 Å². The number of piperidine rings is 1. The van der Waals surface area contributed by atoms with Crippen molar-refractivity contribution in [1.29, 1.82) is 0 Å². The largest absolute Gasteiger partial charge is 0.488 e. The molecule has 0 unspecified atom stereocenters. The van der Waals surface area contributed by atoms with Gasteiger partial charge in [0.2, 0.25) is 0 Å². The van der Waals surface area contributed by atoms with Crippen LogP contribution in [0.25, 0.3) is 0 Å². The summed E-state index contributed by atoms with van der Waals surface area (Å²) in [5.74, 6) is -0.793. The summed E-state index contributed by atoms with van der Waals surface area (Å²) < 4.78 is 24.6. The third-order valence-corrected chi connectivity index (χ3v) is 4.77. The Bertz CT molecular complexity index is 721. The molecule has 1 aromatic carbocycles. The van der Waals surface area contributed by atoms with Crippen molar-refractivity contribution in [1.82, 2.24) is 4.90 Å². The van der Waals surface area contributed by atoms with Crippen LogP contribution in [0.4, 0.5) is 19.7 Å². The van der Waals surface area contributed by atoms with Crippen molar-refractivity contribution in [2.45, 2.75) is 24.5 Å². The van der Waals surface area contributed by atoms with Gasteiger partial charge in [-0.2, -0.15) is 0 Å². The summed E-state index contributed by atoms with van der Waals surface area (Å²) >= 11 is 0. The second-order valence-electron chi connectivity index (χ2n) is 6.70. The smallest absolute Gasteiger partial charge is 0.414 e. The second-order valence-corrected chi connectivity index (χ2v) is 6.70. The molecular weight excluding hydrogens is 363 g/mol. The predicted octanol–water partition coefficient (Wildman–Crippen LogP) is 1.03. The minimum atomic E-state index is -1.23. The highest BCUT2D eigenvalue weighted by molar-refractivity contribution is 5.89. The zero-order valence-electron chi connectivity index (χ0n) is 14.5. The quantitative estimate of drug-likeness (QED) is 0.693. The lowest BCUT2D eigenvalue weighted by atomic mass is 9.92. The first kappa shape index (κ1) is 19.2. The number of carbonyl (C=O) groups excluding carboxylic acids is 1. The highest BCUT2D eigenvalue weighted by atomic mass is 19.1. The van der Waals surface area contributed by atoms with Gasteiger partial charge in [-0.1, -0.05) is 0 Å². The number of hydrogen-bond acceptors (Lipinski definition) is 6. The maximum Gasteiger partial charge on any atom is 0.414 e. The summed E-state index contributed by atoms with van der Waals surface area (Å²) in [5.41, 5.74) is -0.959. The lowest BCUT2D eigenvalue weighted by Gasteiger charge is -2.36. The van der Waals surface area contributed by atoms with E-state index in [-0.39, 0.29) is 57.1 Å². The van der Waals surface area contributed by atoms with Crippen LogP contribution in [0, 0.1) is 5.82 Å². The lowest BCUT2D eigenvalue weighted by Crippen LogP contribution is -2.49. The van der Waals surface area contributed by atoms with Gasteiger partial charge in [-0.15, -0.1) is 0 Å². The van der Waals surface area contributed by atoms with Crippen molar-refractivity contribution in [3.63, 3.8) is 0 Å². The first-order chi connectivity index (χ1) is 12.8. The first-order valence-electron chi connectivity index (χ1n) is 8.53. The number of nitrogens with zero attached hydrogens (tertiary/aromatic N) is 2. The molecule has 9 nitrogen and oxygen atoms in total. The van der Waals surface area contributed by atoms with Crippen LogP contribution >= 0.6 is 0 Å². The summed E-state index contributed by atoms with van der Waals surface area (Å²) in [7, 11) is 0. The number of benzene rings is 1. The molecule has 10 heteroatoms. The first-order valence-corrected chi connectivity index (χ1v) is 8.53. The molecule has 1 atom stereocenters. The molecule has 2 fully saturated rings. The molecular formula is C17H21FN2O7. The summed E-state index contributed by atoms with van der Waals surface area (Å²) in [6, 6.07) is 3.95. The lowest BCUT2D eigenvalue weighted by molar-refractivity contribution is -0.0489. The van der Waals surface area contributed by atoms with Crippen LogP contribution in [0.15, 0.2) is 18.2 Å². The van der Waals surface area contributed by atoms with Crippen molar-refractivity contribution in [3.8, 4) is 5.75 Å². The van der Waals surface area contributed by atoms with E-state index in [2.05, 4.69) is 0 Å². The fourth-order valence-corrected chi connectivity index (χ4v) is 3.07. The monoisotopic (exact) mass is 384 g/mol. The molecule has 3 N–H and O–H groups in total. The summed E-state index contributed by atoms with van der Waals surface area (Å²) in [5, 5.41) is 28.5. The van der Waals surface area contributed by atoms with E-state index in [0.717, 1.165) is 6.07 Å². The molecule has 0 bridgehead atoms. The van der Waals surface area contributed by atoms with Crippen molar-refractivity contribution in [2.75, 3.05) is 37.7 Å². The van der Waals surface area contributed by atoms with Crippen molar-refractivity contribution in [2.24, 2.45) is 0 Å². The number of hydrogen-bond donors (Lipinski definition) is 3. The number of amides is 2. The van der Waals surface area contributed by atoms with Crippen LogP contribution < -0.4 is 9.64 Å². The van der Waals surface area contributed by atoms with Crippen LogP contribution in [0.2, 0.25) is 0 Å². The molecule has 2 saturated heterocycles. The number of cyclic esters (lactones) is 1. The van der Waals surface area contributed by atoms with Crippen LogP contribution in [0.1, 0.15) is 12.8 Å². The fraction of sp³-hybridized carbons (Fsp3) is 0.529. The van der Waals surface area contributed by atoms with Gasteiger partial charge in [0, 0.05) is 19.2 Å². The topological polar surface area (TPSA) is 120 Å². The Morgan fingerprint density at radius 3 is 2.63 bits per heavy atom. The molecule has 2 aliphatic heterocycles. The number of carboxylic acid groups (broad SMARTS) is 1. The Morgan fingerprint density at radius 1 is 1.37 bits per heavy atom. The van der Waals surface area contributed by atoms with E-state index in [1.54, 1.807) is 0 Å². The minimum Gasteiger partial charge on any atom is -0.488 e. The Morgan fingerprint density at radius 2 is 2.07 bits per heavy atom. The number of anilines is 1. The summed E-state index contributed by atoms with van der Waals surface area (Å²) in [6.07, 6.45) is -1.96. The van der Waals surface area contributed by atoms with Crippen LogP contribution in [0.3, 0.4) is 0 Å². The van der Waals surface area contributed by atoms with E-state index in [4.69, 9.17) is 19.7 Å². The second kappa shape index (κ2) is 7.57. The number of aliphatic hydroxyl groups excluding tert-OH is 1. The number of aliphatic hydroxyl groups is 2. The van der Waals surface area contributed by atoms with Gasteiger partial charge in [-0.05, 0) is 25.0 Å².